The van der Waals surface area contributed by atoms with Crippen LogP contribution in [0.15, 0.2) is 23.2 Å². The van der Waals surface area contributed by atoms with Gasteiger partial charge in [0.15, 0.2) is 0 Å². The molecule has 0 saturated carbocycles. The standard InChI is InChI=1S/C10H14F3N3O2S.ClH/c1-7(14-2)5-16-19(17,18)8-3-4-9(15-6-8)10(11,12)13;/h3-4,6-7,14,16H,5H2,1-2H3;1H. The SMILES string of the molecule is CNC(C)CNS(=O)(=O)c1ccc(C(F)(F)F)nc1.Cl. The molecule has 20 heavy (non-hydrogen) atoms. The number of rotatable bonds is 5. The van der Waals surface area contributed by atoms with Crippen LogP contribution in [0.4, 0.5) is 13.2 Å². The van der Waals surface area contributed by atoms with Gasteiger partial charge in [0.25, 0.3) is 0 Å². The van der Waals surface area contributed by atoms with Crippen molar-refractivity contribution in [3.63, 3.8) is 0 Å². The molecule has 2 N–H and O–H groups in total. The van der Waals surface area contributed by atoms with Crippen LogP contribution in [0, 0.1) is 0 Å². The maximum absolute atomic E-state index is 12.3. The molecule has 5 nitrogen and oxygen atoms in total. The van der Waals surface area contributed by atoms with Gasteiger partial charge in [0, 0.05) is 18.8 Å². The number of halogens is 4. The Morgan fingerprint density at radius 3 is 2.35 bits per heavy atom. The number of pyridine rings is 1. The first-order valence-corrected chi connectivity index (χ1v) is 6.85. The predicted octanol–water partition coefficient (Wildman–Crippen LogP) is 1.41. The first kappa shape index (κ1) is 19.1. The molecule has 0 bridgehead atoms. The average Bonchev–Trinajstić information content (AvgIpc) is 2.35. The van der Waals surface area contributed by atoms with E-state index in [1.165, 1.54) is 0 Å². The van der Waals surface area contributed by atoms with Gasteiger partial charge in [-0.25, -0.2) is 13.1 Å². The minimum absolute atomic E-state index is 0. The number of nitrogens with one attached hydrogen (secondary N) is 2. The summed E-state index contributed by atoms with van der Waals surface area (Å²) >= 11 is 0. The van der Waals surface area contributed by atoms with Crippen LogP contribution in [0.5, 0.6) is 0 Å². The van der Waals surface area contributed by atoms with Crippen LogP contribution in [-0.2, 0) is 16.2 Å². The van der Waals surface area contributed by atoms with E-state index in [9.17, 15) is 21.6 Å². The van der Waals surface area contributed by atoms with Crippen LogP contribution in [0.3, 0.4) is 0 Å². The molecule has 1 unspecified atom stereocenters. The zero-order chi connectivity index (χ0) is 14.7. The van der Waals surface area contributed by atoms with Crippen LogP contribution in [0.25, 0.3) is 0 Å². The van der Waals surface area contributed by atoms with Gasteiger partial charge in [-0.15, -0.1) is 12.4 Å². The maximum Gasteiger partial charge on any atom is 0.433 e. The van der Waals surface area contributed by atoms with Crippen molar-refractivity contribution in [1.82, 2.24) is 15.0 Å². The molecule has 1 aromatic rings. The summed E-state index contributed by atoms with van der Waals surface area (Å²) in [5, 5.41) is 2.83. The lowest BCUT2D eigenvalue weighted by Gasteiger charge is -2.12. The molecule has 1 rings (SSSR count). The summed E-state index contributed by atoms with van der Waals surface area (Å²) in [5.41, 5.74) is -1.13. The topological polar surface area (TPSA) is 71.1 Å². The van der Waals surface area contributed by atoms with Crippen molar-refractivity contribution in [3.8, 4) is 0 Å². The Bertz CT molecular complexity index is 520. The third-order valence-electron chi connectivity index (χ3n) is 2.41. The fraction of sp³-hybridized carbons (Fsp3) is 0.500. The summed E-state index contributed by atoms with van der Waals surface area (Å²) in [7, 11) is -2.18. The summed E-state index contributed by atoms with van der Waals surface area (Å²) in [4.78, 5) is 2.80. The van der Waals surface area contributed by atoms with E-state index in [2.05, 4.69) is 15.0 Å². The summed E-state index contributed by atoms with van der Waals surface area (Å²) in [6.07, 6.45) is -3.90. The summed E-state index contributed by atoms with van der Waals surface area (Å²) in [6.45, 7) is 1.88. The van der Waals surface area contributed by atoms with Crippen molar-refractivity contribution in [3.05, 3.63) is 24.0 Å². The van der Waals surface area contributed by atoms with Crippen molar-refractivity contribution in [1.29, 1.82) is 0 Å². The fourth-order valence-corrected chi connectivity index (χ4v) is 2.20. The highest BCUT2D eigenvalue weighted by atomic mass is 35.5. The molecule has 0 saturated heterocycles. The Labute approximate surface area is 121 Å². The Morgan fingerprint density at radius 1 is 1.35 bits per heavy atom. The number of hydrogen-bond donors (Lipinski definition) is 2. The lowest BCUT2D eigenvalue weighted by atomic mass is 10.3. The Balaban J connectivity index is 0.00000361. The zero-order valence-corrected chi connectivity index (χ0v) is 12.4. The predicted molar refractivity (Wildman–Crippen MR) is 70.2 cm³/mol. The maximum atomic E-state index is 12.3. The van der Waals surface area contributed by atoms with E-state index in [-0.39, 0.29) is 29.9 Å². The van der Waals surface area contributed by atoms with Crippen molar-refractivity contribution >= 4 is 22.4 Å². The van der Waals surface area contributed by atoms with Gasteiger partial charge in [-0.2, -0.15) is 13.2 Å². The van der Waals surface area contributed by atoms with Gasteiger partial charge in [-0.1, -0.05) is 0 Å². The highest BCUT2D eigenvalue weighted by Crippen LogP contribution is 2.27. The summed E-state index contributed by atoms with van der Waals surface area (Å²) in [6, 6.07) is 1.41. The van der Waals surface area contributed by atoms with E-state index in [0.29, 0.717) is 12.3 Å². The lowest BCUT2D eigenvalue weighted by molar-refractivity contribution is -0.141. The smallest absolute Gasteiger partial charge is 0.316 e. The Morgan fingerprint density at radius 2 is 1.95 bits per heavy atom. The van der Waals surface area contributed by atoms with E-state index in [4.69, 9.17) is 0 Å². The first-order valence-electron chi connectivity index (χ1n) is 5.37. The molecule has 1 atom stereocenters. The molecular formula is C10H15ClF3N3O2S. The molecule has 116 valence electrons. The van der Waals surface area contributed by atoms with E-state index in [1.54, 1.807) is 14.0 Å². The average molecular weight is 334 g/mol. The minimum Gasteiger partial charge on any atom is -0.316 e. The lowest BCUT2D eigenvalue weighted by Crippen LogP contribution is -2.37. The van der Waals surface area contributed by atoms with Crippen LogP contribution in [0.1, 0.15) is 12.6 Å². The normalized spacial score (nSPS) is 13.7. The molecular weight excluding hydrogens is 319 g/mol. The number of nitrogens with zero attached hydrogens (tertiary/aromatic N) is 1. The zero-order valence-electron chi connectivity index (χ0n) is 10.7. The molecule has 1 aromatic heterocycles. The number of likely N-dealkylation sites (N-methyl/N-ethyl adjacent to an activating group) is 1. The molecule has 0 aliphatic heterocycles. The highest BCUT2D eigenvalue weighted by molar-refractivity contribution is 7.89. The fourth-order valence-electron chi connectivity index (χ4n) is 1.13. The van der Waals surface area contributed by atoms with Gasteiger partial charge >= 0.3 is 6.18 Å². The van der Waals surface area contributed by atoms with E-state index in [1.807, 2.05) is 0 Å². The van der Waals surface area contributed by atoms with E-state index < -0.39 is 21.9 Å². The van der Waals surface area contributed by atoms with E-state index >= 15 is 0 Å². The number of alkyl halides is 3. The molecule has 0 amide bonds. The van der Waals surface area contributed by atoms with Gasteiger partial charge in [0.2, 0.25) is 10.0 Å². The van der Waals surface area contributed by atoms with Crippen molar-refractivity contribution in [2.45, 2.75) is 24.0 Å². The largest absolute Gasteiger partial charge is 0.433 e. The summed E-state index contributed by atoms with van der Waals surface area (Å²) in [5.74, 6) is 0. The van der Waals surface area contributed by atoms with Crippen LogP contribution in [-0.4, -0.2) is 33.0 Å². The Hall–Kier alpha value is -0.900. The third kappa shape index (κ3) is 5.23. The number of hydrogen-bond acceptors (Lipinski definition) is 4. The second-order valence-electron chi connectivity index (χ2n) is 3.92. The number of aromatic nitrogens is 1. The highest BCUT2D eigenvalue weighted by Gasteiger charge is 2.32. The van der Waals surface area contributed by atoms with Gasteiger partial charge in [0.1, 0.15) is 10.6 Å². The summed E-state index contributed by atoms with van der Waals surface area (Å²) < 4.78 is 62.6. The van der Waals surface area contributed by atoms with Gasteiger partial charge in [-0.05, 0) is 26.1 Å². The monoisotopic (exact) mass is 333 g/mol. The molecule has 10 heteroatoms. The molecule has 1 heterocycles. The van der Waals surface area contributed by atoms with Gasteiger partial charge < -0.3 is 5.32 Å². The minimum atomic E-state index is -4.59. The van der Waals surface area contributed by atoms with Crippen molar-refractivity contribution < 1.29 is 21.6 Å². The third-order valence-corrected chi connectivity index (χ3v) is 3.82. The number of sulfonamides is 1. The molecule has 0 spiro atoms. The molecule has 0 aliphatic rings. The molecule has 0 aliphatic carbocycles. The Kier molecular flexibility index (Phi) is 6.88. The second kappa shape index (κ2) is 7.21. The van der Waals surface area contributed by atoms with Crippen LogP contribution >= 0.6 is 12.4 Å². The van der Waals surface area contributed by atoms with Gasteiger partial charge in [-0.3, -0.25) is 4.98 Å². The van der Waals surface area contributed by atoms with Crippen LogP contribution in [0.2, 0.25) is 0 Å². The quantitative estimate of drug-likeness (QED) is 0.854. The van der Waals surface area contributed by atoms with Crippen LogP contribution < -0.4 is 10.0 Å². The van der Waals surface area contributed by atoms with E-state index in [0.717, 1.165) is 6.07 Å². The van der Waals surface area contributed by atoms with Crippen molar-refractivity contribution in [2.24, 2.45) is 0 Å². The van der Waals surface area contributed by atoms with Crippen molar-refractivity contribution in [2.75, 3.05) is 13.6 Å². The molecule has 0 aromatic carbocycles. The molecule has 0 fully saturated rings. The van der Waals surface area contributed by atoms with Gasteiger partial charge in [0.05, 0.1) is 0 Å². The molecule has 0 radical (unpaired) electrons. The first-order chi connectivity index (χ1) is 8.66. The second-order valence-corrected chi connectivity index (χ2v) is 5.69.